The fourth-order valence-electron chi connectivity index (χ4n) is 1.28. The summed E-state index contributed by atoms with van der Waals surface area (Å²) in [5.41, 5.74) is 6.13. The van der Waals surface area contributed by atoms with E-state index >= 15 is 0 Å². The van der Waals surface area contributed by atoms with Gasteiger partial charge in [0.25, 0.3) is 0 Å². The zero-order chi connectivity index (χ0) is 10.3. The van der Waals surface area contributed by atoms with Gasteiger partial charge < -0.3 is 10.2 Å². The van der Waals surface area contributed by atoms with E-state index in [1.165, 1.54) is 25.1 Å². The van der Waals surface area contributed by atoms with Crippen LogP contribution in [0.5, 0.6) is 0 Å². The van der Waals surface area contributed by atoms with Gasteiger partial charge in [-0.15, -0.1) is 0 Å². The highest BCUT2D eigenvalue weighted by Crippen LogP contribution is 2.27. The van der Waals surface area contributed by atoms with E-state index < -0.39 is 5.82 Å². The molecule has 0 aliphatic carbocycles. The van der Waals surface area contributed by atoms with Crippen molar-refractivity contribution < 1.29 is 13.6 Å². The number of ketones is 1. The van der Waals surface area contributed by atoms with Crippen LogP contribution in [-0.4, -0.2) is 5.78 Å². The summed E-state index contributed by atoms with van der Waals surface area (Å²) >= 11 is 0. The van der Waals surface area contributed by atoms with Crippen LogP contribution in [-0.2, 0) is 0 Å². The third-order valence-corrected chi connectivity index (χ3v) is 2.01. The molecule has 0 radical (unpaired) electrons. The Kier molecular flexibility index (Phi) is 1.77. The minimum absolute atomic E-state index is 0.122. The molecule has 0 aliphatic rings. The molecule has 1 heterocycles. The average Bonchev–Trinajstić information content (AvgIpc) is 2.57. The molecule has 0 unspecified atom stereocenters. The monoisotopic (exact) mass is 193 g/mol. The van der Waals surface area contributed by atoms with Gasteiger partial charge in [0, 0.05) is 6.92 Å². The second-order valence-electron chi connectivity index (χ2n) is 3.05. The van der Waals surface area contributed by atoms with Gasteiger partial charge in [-0.3, -0.25) is 4.79 Å². The molecule has 0 aliphatic heterocycles. The summed E-state index contributed by atoms with van der Waals surface area (Å²) < 4.78 is 18.3. The Morgan fingerprint density at radius 1 is 1.50 bits per heavy atom. The quantitative estimate of drug-likeness (QED) is 0.558. The maximum absolute atomic E-state index is 13.2. The molecule has 0 saturated heterocycles. The van der Waals surface area contributed by atoms with Crippen LogP contribution in [0.25, 0.3) is 11.0 Å². The zero-order valence-electron chi connectivity index (χ0n) is 7.50. The maximum atomic E-state index is 13.2. The Bertz CT molecular complexity index is 477. The van der Waals surface area contributed by atoms with Gasteiger partial charge in [-0.2, -0.15) is 0 Å². The number of carbonyl (C=O) groups excluding carboxylic acids is 1. The van der Waals surface area contributed by atoms with E-state index in [-0.39, 0.29) is 22.5 Å². The van der Waals surface area contributed by atoms with Crippen molar-refractivity contribution in [2.75, 3.05) is 5.73 Å². The Labute approximate surface area is 79.3 Å². The number of carbonyl (C=O) groups is 1. The number of hydrogen-bond donors (Lipinski definition) is 1. The van der Waals surface area contributed by atoms with Gasteiger partial charge in [-0.1, -0.05) is 0 Å². The summed E-state index contributed by atoms with van der Waals surface area (Å²) in [7, 11) is 0. The van der Waals surface area contributed by atoms with E-state index in [2.05, 4.69) is 0 Å². The lowest BCUT2D eigenvalue weighted by Gasteiger charge is -1.94. The van der Waals surface area contributed by atoms with E-state index in [1.54, 1.807) is 0 Å². The lowest BCUT2D eigenvalue weighted by atomic mass is 10.2. The summed E-state index contributed by atoms with van der Waals surface area (Å²) in [5.74, 6) is -0.567. The SMILES string of the molecule is CC(=O)c1cc2c(F)ccc(N)c2o1. The summed E-state index contributed by atoms with van der Waals surface area (Å²) in [6.07, 6.45) is 0. The van der Waals surface area contributed by atoms with Crippen LogP contribution in [0.15, 0.2) is 22.6 Å². The van der Waals surface area contributed by atoms with Crippen molar-refractivity contribution >= 4 is 22.4 Å². The number of furan rings is 1. The molecule has 0 amide bonds. The van der Waals surface area contributed by atoms with Gasteiger partial charge in [0.1, 0.15) is 5.82 Å². The van der Waals surface area contributed by atoms with E-state index in [4.69, 9.17) is 10.2 Å². The fourth-order valence-corrected chi connectivity index (χ4v) is 1.28. The number of nitrogen functional groups attached to an aromatic ring is 1. The molecule has 14 heavy (non-hydrogen) atoms. The highest BCUT2D eigenvalue weighted by Gasteiger charge is 2.12. The summed E-state index contributed by atoms with van der Waals surface area (Å²) in [5, 5.41) is 0.246. The minimum atomic E-state index is -0.439. The Hall–Kier alpha value is -1.84. The molecule has 0 spiro atoms. The molecular weight excluding hydrogens is 185 g/mol. The molecule has 0 fully saturated rings. The number of Topliss-reactive ketones (excluding diaryl/α,β-unsaturated/α-hetero) is 1. The van der Waals surface area contributed by atoms with Crippen LogP contribution in [0.3, 0.4) is 0 Å². The number of benzene rings is 1. The molecule has 2 aromatic rings. The van der Waals surface area contributed by atoms with Gasteiger partial charge in [-0.05, 0) is 18.2 Å². The van der Waals surface area contributed by atoms with E-state index in [9.17, 15) is 9.18 Å². The lowest BCUT2D eigenvalue weighted by molar-refractivity contribution is 0.0989. The van der Waals surface area contributed by atoms with Crippen molar-refractivity contribution in [3.63, 3.8) is 0 Å². The van der Waals surface area contributed by atoms with Crippen molar-refractivity contribution in [1.82, 2.24) is 0 Å². The largest absolute Gasteiger partial charge is 0.451 e. The predicted octanol–water partition coefficient (Wildman–Crippen LogP) is 2.36. The van der Waals surface area contributed by atoms with Gasteiger partial charge >= 0.3 is 0 Å². The highest BCUT2D eigenvalue weighted by atomic mass is 19.1. The molecule has 2 rings (SSSR count). The van der Waals surface area contributed by atoms with Crippen LogP contribution in [0.1, 0.15) is 17.5 Å². The maximum Gasteiger partial charge on any atom is 0.194 e. The first-order valence-electron chi connectivity index (χ1n) is 4.08. The van der Waals surface area contributed by atoms with Crippen LogP contribution in [0.2, 0.25) is 0 Å². The number of hydrogen-bond acceptors (Lipinski definition) is 3. The Morgan fingerprint density at radius 2 is 2.21 bits per heavy atom. The van der Waals surface area contributed by atoms with Crippen LogP contribution >= 0.6 is 0 Å². The van der Waals surface area contributed by atoms with Gasteiger partial charge in [0.2, 0.25) is 0 Å². The topological polar surface area (TPSA) is 56.2 Å². The summed E-state index contributed by atoms with van der Waals surface area (Å²) in [4.78, 5) is 11.0. The van der Waals surface area contributed by atoms with E-state index in [1.807, 2.05) is 0 Å². The molecule has 0 atom stereocenters. The Morgan fingerprint density at radius 3 is 2.79 bits per heavy atom. The molecular formula is C10H8FNO2. The first kappa shape index (κ1) is 8.74. The molecule has 1 aromatic carbocycles. The van der Waals surface area contributed by atoms with Crippen molar-refractivity contribution in [2.45, 2.75) is 6.92 Å². The number of halogens is 1. The molecule has 1 aromatic heterocycles. The van der Waals surface area contributed by atoms with Crippen LogP contribution in [0.4, 0.5) is 10.1 Å². The van der Waals surface area contributed by atoms with E-state index in [0.717, 1.165) is 0 Å². The number of nitrogens with two attached hydrogens (primary N) is 1. The average molecular weight is 193 g/mol. The smallest absolute Gasteiger partial charge is 0.194 e. The number of anilines is 1. The van der Waals surface area contributed by atoms with Crippen molar-refractivity contribution in [1.29, 1.82) is 0 Å². The molecule has 3 nitrogen and oxygen atoms in total. The van der Waals surface area contributed by atoms with Crippen LogP contribution in [0, 0.1) is 5.82 Å². The number of rotatable bonds is 1. The Balaban J connectivity index is 2.82. The zero-order valence-corrected chi connectivity index (χ0v) is 7.50. The summed E-state index contributed by atoms with van der Waals surface area (Å²) in [6, 6.07) is 4.02. The van der Waals surface area contributed by atoms with Gasteiger partial charge in [-0.25, -0.2) is 4.39 Å². The van der Waals surface area contributed by atoms with Gasteiger partial charge in [0.15, 0.2) is 17.1 Å². The first-order chi connectivity index (χ1) is 6.59. The molecule has 0 bridgehead atoms. The molecule has 0 saturated carbocycles. The number of fused-ring (bicyclic) bond motifs is 1. The second-order valence-corrected chi connectivity index (χ2v) is 3.05. The van der Waals surface area contributed by atoms with Crippen molar-refractivity contribution in [2.24, 2.45) is 0 Å². The molecule has 2 N–H and O–H groups in total. The predicted molar refractivity (Wildman–Crippen MR) is 50.6 cm³/mol. The van der Waals surface area contributed by atoms with Gasteiger partial charge in [0.05, 0.1) is 11.1 Å². The first-order valence-corrected chi connectivity index (χ1v) is 4.08. The standard InChI is InChI=1S/C10H8FNO2/c1-5(13)9-4-6-7(11)2-3-8(12)10(6)14-9/h2-4H,12H2,1H3. The normalized spacial score (nSPS) is 10.7. The summed E-state index contributed by atoms with van der Waals surface area (Å²) in [6.45, 7) is 1.35. The third kappa shape index (κ3) is 1.16. The third-order valence-electron chi connectivity index (χ3n) is 2.01. The lowest BCUT2D eigenvalue weighted by Crippen LogP contribution is -1.86. The minimum Gasteiger partial charge on any atom is -0.451 e. The van der Waals surface area contributed by atoms with Crippen molar-refractivity contribution in [3.05, 3.63) is 29.8 Å². The second kappa shape index (κ2) is 2.83. The van der Waals surface area contributed by atoms with E-state index in [0.29, 0.717) is 5.69 Å². The highest BCUT2D eigenvalue weighted by molar-refractivity contribution is 5.98. The molecule has 4 heteroatoms. The fraction of sp³-hybridized carbons (Fsp3) is 0.100. The van der Waals surface area contributed by atoms with Crippen LogP contribution < -0.4 is 5.73 Å². The molecule has 72 valence electrons. The van der Waals surface area contributed by atoms with Crippen molar-refractivity contribution in [3.8, 4) is 0 Å².